The Labute approximate surface area is 140 Å². The molecule has 126 valence electrons. The molecule has 3 N–H and O–H groups in total. The maximum atomic E-state index is 12.8. The number of nitrogens with zero attached hydrogens (tertiary/aromatic N) is 3. The van der Waals surface area contributed by atoms with Crippen LogP contribution in [-0.4, -0.2) is 58.8 Å². The molecule has 7 heteroatoms. The Kier molecular flexibility index (Phi) is 3.86. The van der Waals surface area contributed by atoms with Gasteiger partial charge in [-0.25, -0.2) is 0 Å². The number of piperazine rings is 1. The van der Waals surface area contributed by atoms with Crippen LogP contribution in [0, 0.1) is 0 Å². The van der Waals surface area contributed by atoms with Gasteiger partial charge in [-0.2, -0.15) is 5.10 Å². The minimum absolute atomic E-state index is 0.00636. The van der Waals surface area contributed by atoms with E-state index in [0.29, 0.717) is 38.4 Å². The summed E-state index contributed by atoms with van der Waals surface area (Å²) in [5.41, 5.74) is 3.46. The first kappa shape index (κ1) is 15.0. The SMILES string of the molecule is O=C(c1n[nH]c2c1CNCC2)N1CCN(c2ccccc2O)CC1. The number of phenols is 1. The average Bonchev–Trinajstić information content (AvgIpc) is 3.06. The number of hydrogen-bond acceptors (Lipinski definition) is 5. The first-order valence-electron chi connectivity index (χ1n) is 8.33. The van der Waals surface area contributed by atoms with Gasteiger partial charge >= 0.3 is 0 Å². The Morgan fingerprint density at radius 1 is 1.17 bits per heavy atom. The van der Waals surface area contributed by atoms with Crippen LogP contribution in [0.3, 0.4) is 0 Å². The lowest BCUT2D eigenvalue weighted by Crippen LogP contribution is -2.49. The standard InChI is InChI=1S/C17H21N5O2/c23-15-4-2-1-3-14(15)21-7-9-22(10-8-21)17(24)16-12-11-18-6-5-13(12)19-20-16/h1-4,18,23H,5-11H2,(H,19,20). The number of H-pyrrole nitrogens is 1. The third-order valence-corrected chi connectivity index (χ3v) is 4.80. The van der Waals surface area contributed by atoms with E-state index in [2.05, 4.69) is 20.4 Å². The predicted molar refractivity (Wildman–Crippen MR) is 90.2 cm³/mol. The summed E-state index contributed by atoms with van der Waals surface area (Å²) in [5, 5.41) is 20.5. The van der Waals surface area contributed by atoms with Crippen molar-refractivity contribution < 1.29 is 9.90 Å². The van der Waals surface area contributed by atoms with Gasteiger partial charge in [-0.3, -0.25) is 9.89 Å². The second kappa shape index (κ2) is 6.16. The zero-order chi connectivity index (χ0) is 16.5. The fourth-order valence-corrected chi connectivity index (χ4v) is 3.43. The number of nitrogens with one attached hydrogen (secondary N) is 2. The first-order chi connectivity index (χ1) is 11.7. The van der Waals surface area contributed by atoms with Crippen LogP contribution < -0.4 is 10.2 Å². The van der Waals surface area contributed by atoms with Gasteiger partial charge in [-0.05, 0) is 12.1 Å². The molecule has 1 saturated heterocycles. The second-order valence-electron chi connectivity index (χ2n) is 6.22. The van der Waals surface area contributed by atoms with Gasteiger partial charge < -0.3 is 20.2 Å². The lowest BCUT2D eigenvalue weighted by atomic mass is 10.1. The highest BCUT2D eigenvalue weighted by atomic mass is 16.3. The molecule has 4 rings (SSSR count). The van der Waals surface area contributed by atoms with Crippen molar-refractivity contribution in [3.8, 4) is 5.75 Å². The van der Waals surface area contributed by atoms with Crippen LogP contribution in [-0.2, 0) is 13.0 Å². The van der Waals surface area contributed by atoms with E-state index in [1.165, 1.54) is 0 Å². The van der Waals surface area contributed by atoms with Crippen molar-refractivity contribution in [3.05, 3.63) is 41.2 Å². The van der Waals surface area contributed by atoms with Gasteiger partial charge in [0.1, 0.15) is 5.75 Å². The maximum Gasteiger partial charge on any atom is 0.274 e. The molecule has 2 aliphatic heterocycles. The minimum atomic E-state index is -0.00636. The Morgan fingerprint density at radius 2 is 1.96 bits per heavy atom. The Morgan fingerprint density at radius 3 is 2.75 bits per heavy atom. The van der Waals surface area contributed by atoms with Crippen LogP contribution in [0.15, 0.2) is 24.3 Å². The lowest BCUT2D eigenvalue weighted by Gasteiger charge is -2.36. The fraction of sp³-hybridized carbons (Fsp3) is 0.412. The monoisotopic (exact) mass is 327 g/mol. The Hall–Kier alpha value is -2.54. The van der Waals surface area contributed by atoms with Crippen LogP contribution in [0.25, 0.3) is 0 Å². The third kappa shape index (κ3) is 2.60. The molecule has 1 fully saturated rings. The van der Waals surface area contributed by atoms with Gasteiger partial charge in [0.25, 0.3) is 5.91 Å². The highest BCUT2D eigenvalue weighted by Gasteiger charge is 2.28. The van der Waals surface area contributed by atoms with E-state index in [1.807, 2.05) is 23.1 Å². The van der Waals surface area contributed by atoms with E-state index < -0.39 is 0 Å². The van der Waals surface area contributed by atoms with Crippen molar-refractivity contribution in [1.82, 2.24) is 20.4 Å². The van der Waals surface area contributed by atoms with E-state index in [0.717, 1.165) is 29.9 Å². The van der Waals surface area contributed by atoms with Crippen LogP contribution >= 0.6 is 0 Å². The lowest BCUT2D eigenvalue weighted by molar-refractivity contribution is 0.0739. The maximum absolute atomic E-state index is 12.8. The number of anilines is 1. The quantitative estimate of drug-likeness (QED) is 0.757. The number of phenolic OH excluding ortho intramolecular Hbond substituents is 1. The summed E-state index contributed by atoms with van der Waals surface area (Å²) in [4.78, 5) is 16.8. The van der Waals surface area contributed by atoms with E-state index in [9.17, 15) is 9.90 Å². The Balaban J connectivity index is 1.45. The van der Waals surface area contributed by atoms with Crippen molar-refractivity contribution in [2.75, 3.05) is 37.6 Å². The number of benzene rings is 1. The number of rotatable bonds is 2. The second-order valence-corrected chi connectivity index (χ2v) is 6.22. The van der Waals surface area contributed by atoms with Crippen molar-refractivity contribution in [3.63, 3.8) is 0 Å². The number of aromatic amines is 1. The molecule has 0 spiro atoms. The van der Waals surface area contributed by atoms with Gasteiger partial charge in [-0.1, -0.05) is 12.1 Å². The zero-order valence-corrected chi connectivity index (χ0v) is 13.5. The fourth-order valence-electron chi connectivity index (χ4n) is 3.43. The number of carbonyl (C=O) groups excluding carboxylic acids is 1. The van der Waals surface area contributed by atoms with Crippen LogP contribution in [0.1, 0.15) is 21.7 Å². The predicted octanol–water partition coefficient (Wildman–Crippen LogP) is 0.723. The minimum Gasteiger partial charge on any atom is -0.506 e. The van der Waals surface area contributed by atoms with Gasteiger partial charge in [0.15, 0.2) is 5.69 Å². The van der Waals surface area contributed by atoms with Gasteiger partial charge in [0.2, 0.25) is 0 Å². The van der Waals surface area contributed by atoms with Gasteiger partial charge in [-0.15, -0.1) is 0 Å². The summed E-state index contributed by atoms with van der Waals surface area (Å²) in [6.07, 6.45) is 0.886. The molecule has 24 heavy (non-hydrogen) atoms. The number of carbonyl (C=O) groups is 1. The van der Waals surface area contributed by atoms with Crippen molar-refractivity contribution >= 4 is 11.6 Å². The Bertz CT molecular complexity index is 749. The molecule has 0 unspecified atom stereocenters. The number of amides is 1. The molecule has 2 aliphatic rings. The summed E-state index contributed by atoms with van der Waals surface area (Å²) in [5.74, 6) is 0.276. The topological polar surface area (TPSA) is 84.5 Å². The summed E-state index contributed by atoms with van der Waals surface area (Å²) in [6.45, 7) is 4.28. The molecular formula is C17H21N5O2. The number of fused-ring (bicyclic) bond motifs is 1. The normalized spacial score (nSPS) is 17.7. The number of para-hydroxylation sites is 2. The molecule has 0 radical (unpaired) electrons. The average molecular weight is 327 g/mol. The van der Waals surface area contributed by atoms with E-state index in [1.54, 1.807) is 6.07 Å². The molecule has 7 nitrogen and oxygen atoms in total. The van der Waals surface area contributed by atoms with E-state index in [4.69, 9.17) is 0 Å². The van der Waals surface area contributed by atoms with Gasteiger partial charge in [0, 0.05) is 56.9 Å². The van der Waals surface area contributed by atoms with Crippen molar-refractivity contribution in [2.45, 2.75) is 13.0 Å². The largest absolute Gasteiger partial charge is 0.506 e. The summed E-state index contributed by atoms with van der Waals surface area (Å²) in [7, 11) is 0. The molecule has 1 aromatic carbocycles. The van der Waals surface area contributed by atoms with Crippen molar-refractivity contribution in [1.29, 1.82) is 0 Å². The van der Waals surface area contributed by atoms with E-state index >= 15 is 0 Å². The molecule has 3 heterocycles. The third-order valence-electron chi connectivity index (χ3n) is 4.80. The van der Waals surface area contributed by atoms with Crippen LogP contribution in [0.5, 0.6) is 5.75 Å². The first-order valence-corrected chi connectivity index (χ1v) is 8.33. The van der Waals surface area contributed by atoms with Gasteiger partial charge in [0.05, 0.1) is 5.69 Å². The number of hydrogen-bond donors (Lipinski definition) is 3. The molecule has 2 aromatic rings. The molecule has 0 atom stereocenters. The molecule has 0 bridgehead atoms. The number of aromatic nitrogens is 2. The highest BCUT2D eigenvalue weighted by Crippen LogP contribution is 2.27. The van der Waals surface area contributed by atoms with Crippen molar-refractivity contribution in [2.24, 2.45) is 0 Å². The molecule has 1 amide bonds. The molecule has 1 aromatic heterocycles. The molecular weight excluding hydrogens is 306 g/mol. The molecule has 0 saturated carbocycles. The smallest absolute Gasteiger partial charge is 0.274 e. The summed E-state index contributed by atoms with van der Waals surface area (Å²) in [6, 6.07) is 7.32. The zero-order valence-electron chi connectivity index (χ0n) is 13.5. The molecule has 0 aliphatic carbocycles. The highest BCUT2D eigenvalue weighted by molar-refractivity contribution is 5.94. The van der Waals surface area contributed by atoms with Crippen LogP contribution in [0.4, 0.5) is 5.69 Å². The van der Waals surface area contributed by atoms with Crippen LogP contribution in [0.2, 0.25) is 0 Å². The number of aromatic hydroxyl groups is 1. The van der Waals surface area contributed by atoms with E-state index in [-0.39, 0.29) is 11.7 Å². The summed E-state index contributed by atoms with van der Waals surface area (Å²) < 4.78 is 0. The summed E-state index contributed by atoms with van der Waals surface area (Å²) >= 11 is 0.